The molecule has 0 aromatic heterocycles. The molecule has 0 saturated heterocycles. The fourth-order valence-electron chi connectivity index (χ4n) is 1.94. The van der Waals surface area contributed by atoms with E-state index in [9.17, 15) is 0 Å². The number of rotatable bonds is 4. The van der Waals surface area contributed by atoms with Gasteiger partial charge in [-0.15, -0.1) is 0 Å². The Morgan fingerprint density at radius 1 is 1.25 bits per heavy atom. The maximum Gasteiger partial charge on any atom is 0.123 e. The standard InChI is InChI=1S/C16H15ClN2O/c1-11-3-5-15(14(17)7-11)19-10-13-8-12(9-18)4-6-16(13)20-2/h3-8,19H,10H2,1-2H3. The van der Waals surface area contributed by atoms with Crippen LogP contribution >= 0.6 is 11.6 Å². The van der Waals surface area contributed by atoms with Crippen molar-refractivity contribution in [1.82, 2.24) is 0 Å². The lowest BCUT2D eigenvalue weighted by molar-refractivity contribution is 0.410. The lowest BCUT2D eigenvalue weighted by atomic mass is 10.1. The van der Waals surface area contributed by atoms with Gasteiger partial charge in [-0.25, -0.2) is 0 Å². The number of nitrogens with one attached hydrogen (secondary N) is 1. The molecule has 0 amide bonds. The summed E-state index contributed by atoms with van der Waals surface area (Å²) in [6.07, 6.45) is 0. The van der Waals surface area contributed by atoms with Gasteiger partial charge in [0.1, 0.15) is 5.75 Å². The Morgan fingerprint density at radius 3 is 2.70 bits per heavy atom. The molecule has 102 valence electrons. The van der Waals surface area contributed by atoms with Gasteiger partial charge in [0.25, 0.3) is 0 Å². The van der Waals surface area contributed by atoms with Crippen LogP contribution in [-0.2, 0) is 6.54 Å². The number of benzene rings is 2. The second kappa shape index (κ2) is 6.31. The lowest BCUT2D eigenvalue weighted by Crippen LogP contribution is -2.02. The lowest BCUT2D eigenvalue weighted by Gasteiger charge is -2.12. The molecule has 2 aromatic carbocycles. The van der Waals surface area contributed by atoms with Crippen molar-refractivity contribution >= 4 is 17.3 Å². The van der Waals surface area contributed by atoms with E-state index in [1.54, 1.807) is 19.2 Å². The van der Waals surface area contributed by atoms with E-state index in [0.29, 0.717) is 17.1 Å². The zero-order valence-electron chi connectivity index (χ0n) is 11.4. The number of ether oxygens (including phenoxy) is 1. The monoisotopic (exact) mass is 286 g/mol. The van der Waals surface area contributed by atoms with E-state index in [-0.39, 0.29) is 0 Å². The minimum atomic E-state index is 0.543. The molecular formula is C16H15ClN2O. The molecule has 2 rings (SSSR count). The average molecular weight is 287 g/mol. The van der Waals surface area contributed by atoms with Crippen LogP contribution < -0.4 is 10.1 Å². The maximum absolute atomic E-state index is 8.95. The van der Waals surface area contributed by atoms with Crippen molar-refractivity contribution in [2.24, 2.45) is 0 Å². The summed E-state index contributed by atoms with van der Waals surface area (Å²) in [7, 11) is 1.61. The van der Waals surface area contributed by atoms with Crippen LogP contribution in [0.5, 0.6) is 5.75 Å². The van der Waals surface area contributed by atoms with Crippen LogP contribution in [-0.4, -0.2) is 7.11 Å². The molecule has 0 heterocycles. The molecule has 0 aliphatic heterocycles. The molecule has 0 aliphatic carbocycles. The van der Waals surface area contributed by atoms with Gasteiger partial charge in [0.15, 0.2) is 0 Å². The first-order valence-corrected chi connectivity index (χ1v) is 6.59. The van der Waals surface area contributed by atoms with Crippen molar-refractivity contribution in [3.8, 4) is 11.8 Å². The van der Waals surface area contributed by atoms with Crippen LogP contribution in [0.4, 0.5) is 5.69 Å². The average Bonchev–Trinajstić information content (AvgIpc) is 2.46. The van der Waals surface area contributed by atoms with Gasteiger partial charge in [-0.1, -0.05) is 17.7 Å². The quantitative estimate of drug-likeness (QED) is 0.919. The second-order valence-corrected chi connectivity index (χ2v) is 4.88. The van der Waals surface area contributed by atoms with Gasteiger partial charge >= 0.3 is 0 Å². The number of methoxy groups -OCH3 is 1. The van der Waals surface area contributed by atoms with E-state index >= 15 is 0 Å². The molecule has 0 radical (unpaired) electrons. The van der Waals surface area contributed by atoms with E-state index in [1.807, 2.05) is 31.2 Å². The molecule has 2 aromatic rings. The highest BCUT2D eigenvalue weighted by Crippen LogP contribution is 2.25. The van der Waals surface area contributed by atoms with Crippen molar-refractivity contribution in [2.75, 3.05) is 12.4 Å². The zero-order valence-corrected chi connectivity index (χ0v) is 12.2. The molecule has 0 unspecified atom stereocenters. The fourth-order valence-corrected chi connectivity index (χ4v) is 2.24. The van der Waals surface area contributed by atoms with Crippen molar-refractivity contribution in [1.29, 1.82) is 5.26 Å². The van der Waals surface area contributed by atoms with Gasteiger partial charge in [0.2, 0.25) is 0 Å². The van der Waals surface area contributed by atoms with Crippen LogP contribution in [0.15, 0.2) is 36.4 Å². The molecule has 0 bridgehead atoms. The van der Waals surface area contributed by atoms with Crippen LogP contribution in [0.2, 0.25) is 5.02 Å². The van der Waals surface area contributed by atoms with E-state index in [1.165, 1.54) is 0 Å². The van der Waals surface area contributed by atoms with Crippen LogP contribution in [0.1, 0.15) is 16.7 Å². The number of anilines is 1. The highest BCUT2D eigenvalue weighted by Gasteiger charge is 2.06. The summed E-state index contributed by atoms with van der Waals surface area (Å²) in [4.78, 5) is 0. The first-order valence-electron chi connectivity index (χ1n) is 6.21. The summed E-state index contributed by atoms with van der Waals surface area (Å²) < 4.78 is 5.30. The normalized spacial score (nSPS) is 9.90. The molecule has 20 heavy (non-hydrogen) atoms. The van der Waals surface area contributed by atoms with Crippen molar-refractivity contribution in [3.63, 3.8) is 0 Å². The number of nitrogens with zero attached hydrogens (tertiary/aromatic N) is 1. The first-order chi connectivity index (χ1) is 9.63. The third kappa shape index (κ3) is 3.23. The Bertz CT molecular complexity index is 662. The molecule has 0 spiro atoms. The highest BCUT2D eigenvalue weighted by molar-refractivity contribution is 6.33. The Balaban J connectivity index is 2.20. The number of aryl methyl sites for hydroxylation is 1. The minimum absolute atomic E-state index is 0.543. The minimum Gasteiger partial charge on any atom is -0.496 e. The van der Waals surface area contributed by atoms with Crippen LogP contribution in [0.3, 0.4) is 0 Å². The topological polar surface area (TPSA) is 45.0 Å². The summed E-state index contributed by atoms with van der Waals surface area (Å²) in [5.74, 6) is 0.750. The third-order valence-electron chi connectivity index (χ3n) is 3.00. The molecule has 3 nitrogen and oxygen atoms in total. The van der Waals surface area contributed by atoms with Gasteiger partial charge in [-0.3, -0.25) is 0 Å². The van der Waals surface area contributed by atoms with Crippen LogP contribution in [0.25, 0.3) is 0 Å². The van der Waals surface area contributed by atoms with E-state index < -0.39 is 0 Å². The van der Waals surface area contributed by atoms with Gasteiger partial charge in [-0.05, 0) is 42.8 Å². The van der Waals surface area contributed by atoms with E-state index in [0.717, 1.165) is 22.6 Å². The molecular weight excluding hydrogens is 272 g/mol. The molecule has 0 atom stereocenters. The summed E-state index contributed by atoms with van der Waals surface area (Å²) in [5, 5.41) is 12.9. The molecule has 4 heteroatoms. The molecule has 0 aliphatic rings. The molecule has 0 saturated carbocycles. The number of nitriles is 1. The fraction of sp³-hybridized carbons (Fsp3) is 0.188. The second-order valence-electron chi connectivity index (χ2n) is 4.48. The van der Waals surface area contributed by atoms with Crippen molar-refractivity contribution in [2.45, 2.75) is 13.5 Å². The zero-order chi connectivity index (χ0) is 14.5. The Labute approximate surface area is 123 Å². The summed E-state index contributed by atoms with van der Waals surface area (Å²) >= 11 is 6.18. The van der Waals surface area contributed by atoms with E-state index in [4.69, 9.17) is 21.6 Å². The van der Waals surface area contributed by atoms with Gasteiger partial charge in [0.05, 0.1) is 29.5 Å². The van der Waals surface area contributed by atoms with Gasteiger partial charge < -0.3 is 10.1 Å². The smallest absolute Gasteiger partial charge is 0.123 e. The maximum atomic E-state index is 8.95. The largest absolute Gasteiger partial charge is 0.496 e. The van der Waals surface area contributed by atoms with Gasteiger partial charge in [-0.2, -0.15) is 5.26 Å². The predicted molar refractivity (Wildman–Crippen MR) is 81.2 cm³/mol. The summed E-state index contributed by atoms with van der Waals surface area (Å²) in [6.45, 7) is 2.54. The summed E-state index contributed by atoms with van der Waals surface area (Å²) in [6, 6.07) is 13.3. The highest BCUT2D eigenvalue weighted by atomic mass is 35.5. The number of hydrogen-bond donors (Lipinski definition) is 1. The molecule has 1 N–H and O–H groups in total. The van der Waals surface area contributed by atoms with Crippen molar-refractivity contribution < 1.29 is 4.74 Å². The van der Waals surface area contributed by atoms with Crippen molar-refractivity contribution in [3.05, 3.63) is 58.1 Å². The summed E-state index contributed by atoms with van der Waals surface area (Å²) in [5.41, 5.74) is 3.51. The SMILES string of the molecule is COc1ccc(C#N)cc1CNc1ccc(C)cc1Cl. The van der Waals surface area contributed by atoms with E-state index in [2.05, 4.69) is 11.4 Å². The van der Waals surface area contributed by atoms with Crippen LogP contribution in [0, 0.1) is 18.3 Å². The Morgan fingerprint density at radius 2 is 2.05 bits per heavy atom. The number of halogens is 1. The molecule has 0 fully saturated rings. The Hall–Kier alpha value is -2.18. The third-order valence-corrected chi connectivity index (χ3v) is 3.32. The first kappa shape index (κ1) is 14.2. The Kier molecular flexibility index (Phi) is 4.49. The predicted octanol–water partition coefficient (Wildman–Crippen LogP) is 4.14. The van der Waals surface area contributed by atoms with Gasteiger partial charge in [0, 0.05) is 12.1 Å². The number of hydrogen-bond acceptors (Lipinski definition) is 3.